The van der Waals surface area contributed by atoms with E-state index in [2.05, 4.69) is 458 Å². The molecule has 0 aromatic carbocycles. The summed E-state index contributed by atoms with van der Waals surface area (Å²) in [5, 5.41) is 35.0. The van der Waals surface area contributed by atoms with Crippen LogP contribution in [0.3, 0.4) is 0 Å². The molecule has 1 saturated heterocycles. The lowest BCUT2D eigenvalue weighted by atomic mass is 9.86. The van der Waals surface area contributed by atoms with Gasteiger partial charge in [-0.05, 0) is 215 Å². The topological polar surface area (TPSA) is 229 Å². The van der Waals surface area contributed by atoms with Crippen molar-refractivity contribution in [1.82, 2.24) is 44.8 Å². The Kier molecular flexibility index (Phi) is 48.5. The normalized spacial score (nSPS) is 12.1. The Morgan fingerprint density at radius 3 is 0.844 bits per heavy atom. The maximum atomic E-state index is 12.4. The third kappa shape index (κ3) is 44.4. The number of carbonyl (C=O) groups excluding carboxylic acids is 1. The first-order chi connectivity index (χ1) is 66.4. The molecule has 135 heavy (non-hydrogen) atoms. The molecule has 2 unspecified atom stereocenters. The van der Waals surface area contributed by atoms with E-state index in [0.717, 1.165) is 103 Å². The molecule has 7 heterocycles. The van der Waals surface area contributed by atoms with Crippen LogP contribution in [0.25, 0.3) is 21.8 Å². The van der Waals surface area contributed by atoms with Crippen molar-refractivity contribution in [2.24, 2.45) is 11.8 Å². The highest BCUT2D eigenvalue weighted by molar-refractivity contribution is 6.34. The first-order valence-corrected chi connectivity index (χ1v) is 40.7. The highest BCUT2D eigenvalue weighted by Crippen LogP contribution is 2.31. The van der Waals surface area contributed by atoms with Crippen molar-refractivity contribution < 1.29 is 19.8 Å². The summed E-state index contributed by atoms with van der Waals surface area (Å²) in [6.07, 6.45) is 23.2. The Balaban J connectivity index is 0.000000308. The van der Waals surface area contributed by atoms with Crippen molar-refractivity contribution in [1.29, 1.82) is 0 Å². The van der Waals surface area contributed by atoms with Crippen LogP contribution in [0.1, 0.15) is 95.1 Å². The van der Waals surface area contributed by atoms with Crippen molar-refractivity contribution in [2.75, 3.05) is 47.4 Å². The van der Waals surface area contributed by atoms with Gasteiger partial charge in [-0.3, -0.25) is 9.59 Å². The summed E-state index contributed by atoms with van der Waals surface area (Å²) in [5.41, 5.74) is 2.83. The Morgan fingerprint density at radius 1 is 0.363 bits per heavy atom. The van der Waals surface area contributed by atoms with Gasteiger partial charge in [0.1, 0.15) is 22.7 Å². The number of fused-ring (bicyclic) bond motifs is 2. The highest BCUT2D eigenvalue weighted by Gasteiger charge is 2.32. The van der Waals surface area contributed by atoms with Crippen molar-refractivity contribution in [3.8, 4) is 403 Å². The summed E-state index contributed by atoms with van der Waals surface area (Å²) in [4.78, 5) is 59.9. The minimum absolute atomic E-state index is 0.00336. The zero-order valence-corrected chi connectivity index (χ0v) is 73.5. The Morgan fingerprint density at radius 2 is 0.607 bits per heavy atom. The van der Waals surface area contributed by atoms with Crippen LogP contribution >= 0.6 is 23.2 Å². The number of terminal acetylenes is 1. The van der Waals surface area contributed by atoms with Gasteiger partial charge in [0.25, 0.3) is 0 Å². The van der Waals surface area contributed by atoms with Crippen molar-refractivity contribution in [2.45, 2.75) is 102 Å². The van der Waals surface area contributed by atoms with Gasteiger partial charge in [-0.25, -0.2) is 39.9 Å². The Hall–Kier alpha value is -21.0. The summed E-state index contributed by atoms with van der Waals surface area (Å²) < 4.78 is 0. The fourth-order valence-electron chi connectivity index (χ4n) is 10.7. The number of nitrogens with zero attached hydrogens (tertiary/aromatic N) is 9. The van der Waals surface area contributed by atoms with Gasteiger partial charge in [0.2, 0.25) is 17.8 Å². The number of pyridine rings is 4. The number of aliphatic hydroxyl groups is 1. The second kappa shape index (κ2) is 64.7. The lowest BCUT2D eigenvalue weighted by molar-refractivity contribution is -0.142. The molecule has 3 fully saturated rings. The molecule has 0 radical (unpaired) electrons. The number of carboxylic acid groups (broad SMARTS) is 1. The van der Waals surface area contributed by atoms with Gasteiger partial charge < -0.3 is 36.4 Å². The van der Waals surface area contributed by atoms with E-state index in [9.17, 15) is 14.7 Å². The fraction of sp³-hybridized carbons (Fsp3) is 0.190. The van der Waals surface area contributed by atoms with E-state index >= 15 is 0 Å². The highest BCUT2D eigenvalue weighted by atomic mass is 35.5. The number of β-amino-alcohol motifs (C(OH)–C–C–N with tert-alkyl or cyclic N) is 1. The average molecular weight is 1770 g/mol. The molecule has 9 rings (SSSR count). The van der Waals surface area contributed by atoms with Crippen LogP contribution in [0.15, 0.2) is 73.6 Å². The molecule has 626 valence electrons. The molecule has 6 aromatic heterocycles. The maximum absolute atomic E-state index is 12.4. The summed E-state index contributed by atoms with van der Waals surface area (Å²) in [5.74, 6) is 169. The molecule has 19 heteroatoms. The van der Waals surface area contributed by atoms with Crippen molar-refractivity contribution >= 4 is 80.4 Å². The van der Waals surface area contributed by atoms with Crippen molar-refractivity contribution in [3.05, 3.63) is 95.0 Å². The third-order valence-electron chi connectivity index (χ3n) is 17.1. The Bertz CT molecular complexity index is 8040. The molecule has 3 aliphatic rings. The number of rotatable bonds is 14. The monoisotopic (exact) mass is 1770 g/mol. The third-order valence-corrected chi connectivity index (χ3v) is 17.6. The molecule has 6 N–H and O–H groups in total. The zero-order valence-electron chi connectivity index (χ0n) is 72.0. The SMILES string of the molecule is C#CC#CC#CC#CC#CC#CC#CC#CC#CC#CC#CC#CC#CC#CC#CC#CC#CC#CC#CC#CC#CC#CC#CC#CC#CC#CC#CC#CC#CC#CC#CC#CC#CC#CC.CC(C(=O)N1CC(O)C1)c1cnc(NCC2CCC(Nc3ccc4ccnc(Cl)c4n3)CC2)nc1.CC(C(=O)O)c1cnc(NCC2CCC(Nc3ccc4ccnc(Cl)c4n3)CC2)nc1. The van der Waals surface area contributed by atoms with Crippen LogP contribution in [0.2, 0.25) is 10.3 Å². The van der Waals surface area contributed by atoms with Crippen molar-refractivity contribution in [3.63, 3.8) is 0 Å². The van der Waals surface area contributed by atoms with E-state index in [1.165, 1.54) is 0 Å². The van der Waals surface area contributed by atoms with Crippen LogP contribution in [0.5, 0.6) is 0 Å². The Labute approximate surface area is 799 Å². The first-order valence-electron chi connectivity index (χ1n) is 39.9. The molecule has 1 amide bonds. The number of carbonyl (C=O) groups is 2. The molecule has 2 aliphatic carbocycles. The minimum Gasteiger partial charge on any atom is -0.481 e. The van der Waals surface area contributed by atoms with E-state index in [0.29, 0.717) is 64.8 Å². The second-order valence-electron chi connectivity index (χ2n) is 26.1. The van der Waals surface area contributed by atoms with Gasteiger partial charge in [0.15, 0.2) is 10.3 Å². The molecule has 2 atom stereocenters. The molecular weight excluding hydrogens is 1710 g/mol. The van der Waals surface area contributed by atoms with E-state index < -0.39 is 18.0 Å². The fourth-order valence-corrected chi connectivity index (χ4v) is 11.1. The van der Waals surface area contributed by atoms with Crippen LogP contribution in [0, 0.1) is 415 Å². The maximum Gasteiger partial charge on any atom is 0.310 e. The zero-order chi connectivity index (χ0) is 95.5. The molecular formula is C116H59Cl2N13O4. The number of aliphatic hydroxyl groups excluding tert-OH is 1. The average Bonchev–Trinajstić information content (AvgIpc) is 0.829. The van der Waals surface area contributed by atoms with E-state index in [1.807, 2.05) is 43.3 Å². The van der Waals surface area contributed by atoms with Gasteiger partial charge in [-0.1, -0.05) is 29.1 Å². The van der Waals surface area contributed by atoms with E-state index in [1.54, 1.807) is 55.9 Å². The predicted octanol–water partition coefficient (Wildman–Crippen LogP) is 8.56. The summed E-state index contributed by atoms with van der Waals surface area (Å²) in [7, 11) is 0. The number of amides is 1. The number of carboxylic acids is 1. The lowest BCUT2D eigenvalue weighted by Gasteiger charge is -2.37. The lowest BCUT2D eigenvalue weighted by Crippen LogP contribution is -2.54. The molecule has 0 bridgehead atoms. The number of aromatic nitrogens is 8. The van der Waals surface area contributed by atoms with E-state index in [4.69, 9.17) is 34.7 Å². The van der Waals surface area contributed by atoms with Gasteiger partial charge in [0, 0.05) is 393 Å². The molecule has 2 saturated carbocycles. The summed E-state index contributed by atoms with van der Waals surface area (Å²) in [6, 6.07) is 12.6. The number of nitrogens with one attached hydrogen (secondary N) is 4. The van der Waals surface area contributed by atoms with Crippen LogP contribution in [-0.2, 0) is 9.59 Å². The van der Waals surface area contributed by atoms with Gasteiger partial charge >= 0.3 is 5.97 Å². The largest absolute Gasteiger partial charge is 0.481 e. The van der Waals surface area contributed by atoms with Gasteiger partial charge in [-0.15, -0.1) is 6.42 Å². The quantitative estimate of drug-likeness (QED) is 0.0443. The second-order valence-corrected chi connectivity index (χ2v) is 26.8. The van der Waals surface area contributed by atoms with Gasteiger partial charge in [-0.2, -0.15) is 0 Å². The predicted molar refractivity (Wildman–Crippen MR) is 527 cm³/mol. The molecule has 0 spiro atoms. The number of halogens is 2. The molecule has 17 nitrogen and oxygen atoms in total. The number of aliphatic carboxylic acids is 1. The number of likely N-dealkylation sites (tertiary alicyclic amines) is 1. The summed E-state index contributed by atoms with van der Waals surface area (Å²) >= 11 is 12.4. The van der Waals surface area contributed by atoms with Gasteiger partial charge in [0.05, 0.1) is 17.9 Å². The van der Waals surface area contributed by atoms with E-state index in [-0.39, 0.29) is 11.8 Å². The van der Waals surface area contributed by atoms with Crippen LogP contribution in [-0.4, -0.2) is 111 Å². The smallest absolute Gasteiger partial charge is 0.310 e. The standard InChI is InChI=1S/C69H4.C25H30ClN7O2.C22H25ClN6O2/c1-3-5-7-9-11-13-15-17-19-21-23-25-27-29-31-33-35-37-39-41-43-45-47-49-51-53-55-57-59-61-63-65-67-69-68-66-64-62-60-58-56-54-52-50-48-46-44-42-40-38-36-34-32-30-28-26-24-22-20-18-16-14-12-10-8-6-4-2;1-15(24(35)33-13-20(34)14-33)18-11-29-25(30-12-18)28-10-16-2-5-19(6-3-16)31-21-7-4-17-8-9-27-23(26)22(17)32-21;1-13(21(30)31)16-11-26-22(27-12-16)25-10-14-2-5-17(6-3-14)28-18-7-4-15-8-9-24-20(23)19(15)29-18/h1H,2H3;4,7-9,11-12,15-16,19-20,34H,2-3,5-6,10,13-14H2,1H3,(H,31,32)(H,28,29,30);4,7-9,11-14,17H,2-3,5-6,10H2,1H3,(H,28,29)(H,30,31)(H,25,26,27). The minimum atomic E-state index is -0.881. The van der Waals surface area contributed by atoms with Crippen LogP contribution < -0.4 is 21.3 Å². The number of anilines is 4. The molecule has 1 aliphatic heterocycles. The first kappa shape index (κ1) is 101. The number of hydrogen-bond acceptors (Lipinski definition) is 15. The van der Waals surface area contributed by atoms with Crippen LogP contribution in [0.4, 0.5) is 23.5 Å². The number of hydrogen-bond donors (Lipinski definition) is 6. The summed E-state index contributed by atoms with van der Waals surface area (Å²) in [6.45, 7) is 7.60. The molecule has 6 aromatic rings.